The fourth-order valence-electron chi connectivity index (χ4n) is 4.05. The summed E-state index contributed by atoms with van der Waals surface area (Å²) >= 11 is 0. The van der Waals surface area contributed by atoms with Gasteiger partial charge in [0.05, 0.1) is 11.1 Å². The lowest BCUT2D eigenvalue weighted by molar-refractivity contribution is -0.133. The van der Waals surface area contributed by atoms with Crippen molar-refractivity contribution < 1.29 is 14.3 Å². The summed E-state index contributed by atoms with van der Waals surface area (Å²) in [6.45, 7) is 3.55. The van der Waals surface area contributed by atoms with E-state index >= 15 is 0 Å². The minimum atomic E-state index is -0.401. The van der Waals surface area contributed by atoms with E-state index in [0.29, 0.717) is 11.5 Å². The highest BCUT2D eigenvalue weighted by Gasteiger charge is 2.27. The zero-order valence-electron chi connectivity index (χ0n) is 15.2. The molecule has 0 spiro atoms. The number of carbonyl (C=O) groups is 2. The van der Waals surface area contributed by atoms with Gasteiger partial charge in [0.15, 0.2) is 6.61 Å². The highest BCUT2D eigenvalue weighted by molar-refractivity contribution is 6.05. The number of benzene rings is 1. The first-order valence-corrected chi connectivity index (χ1v) is 9.49. The van der Waals surface area contributed by atoms with Gasteiger partial charge in [0.2, 0.25) is 0 Å². The predicted octanol–water partition coefficient (Wildman–Crippen LogP) is 3.14. The average Bonchev–Trinajstić information content (AvgIpc) is 3.19. The third-order valence-corrected chi connectivity index (χ3v) is 5.50. The Morgan fingerprint density at radius 2 is 2.00 bits per heavy atom. The molecule has 1 aromatic carbocycles. The number of hydrogen-bond acceptors (Lipinski definition) is 4. The van der Waals surface area contributed by atoms with Gasteiger partial charge in [-0.25, -0.2) is 4.79 Å². The lowest BCUT2D eigenvalue weighted by Crippen LogP contribution is -2.32. The minimum Gasteiger partial charge on any atom is -0.452 e. The number of amides is 1. The van der Waals surface area contributed by atoms with Crippen LogP contribution in [-0.2, 0) is 22.4 Å². The Balaban J connectivity index is 1.64. The van der Waals surface area contributed by atoms with Gasteiger partial charge in [0.25, 0.3) is 5.91 Å². The number of carbonyl (C=O) groups excluding carboxylic acids is 2. The molecule has 4 rings (SSSR count). The van der Waals surface area contributed by atoms with Crippen LogP contribution in [0.2, 0.25) is 0 Å². The van der Waals surface area contributed by atoms with Crippen molar-refractivity contribution in [3.63, 3.8) is 0 Å². The molecule has 0 bridgehead atoms. The zero-order valence-corrected chi connectivity index (χ0v) is 15.2. The molecule has 1 fully saturated rings. The van der Waals surface area contributed by atoms with Crippen molar-refractivity contribution in [1.29, 1.82) is 0 Å². The van der Waals surface area contributed by atoms with E-state index in [2.05, 4.69) is 6.92 Å². The SMILES string of the molecule is CC1CCc2nc3ccccc3c(C(=O)OCC(=O)N3CCCC3)c2C1. The van der Waals surface area contributed by atoms with Crippen LogP contribution in [0.15, 0.2) is 24.3 Å². The molecule has 1 aliphatic heterocycles. The first-order valence-electron chi connectivity index (χ1n) is 9.49. The smallest absolute Gasteiger partial charge is 0.339 e. The molecule has 5 heteroatoms. The molecule has 1 aliphatic carbocycles. The summed E-state index contributed by atoms with van der Waals surface area (Å²) in [6.07, 6.45) is 4.85. The summed E-state index contributed by atoms with van der Waals surface area (Å²) in [5.74, 6) is 0.0150. The van der Waals surface area contributed by atoms with Crippen molar-refractivity contribution >= 4 is 22.8 Å². The predicted molar refractivity (Wildman–Crippen MR) is 99.0 cm³/mol. The highest BCUT2D eigenvalue weighted by Crippen LogP contribution is 2.32. The number of hydrogen-bond donors (Lipinski definition) is 0. The van der Waals surface area contributed by atoms with Crippen LogP contribution in [0.3, 0.4) is 0 Å². The molecule has 0 N–H and O–H groups in total. The number of aryl methyl sites for hydroxylation is 1. The maximum atomic E-state index is 12.9. The minimum absolute atomic E-state index is 0.101. The molecule has 136 valence electrons. The van der Waals surface area contributed by atoms with E-state index in [-0.39, 0.29) is 12.5 Å². The van der Waals surface area contributed by atoms with Crippen molar-refractivity contribution in [2.45, 2.75) is 39.0 Å². The van der Waals surface area contributed by atoms with E-state index < -0.39 is 5.97 Å². The molecule has 1 unspecified atom stereocenters. The molecular formula is C21H24N2O3. The number of esters is 1. The second-order valence-electron chi connectivity index (χ2n) is 7.44. The van der Waals surface area contributed by atoms with Gasteiger partial charge in [-0.2, -0.15) is 0 Å². The molecule has 2 aliphatic rings. The van der Waals surface area contributed by atoms with Gasteiger partial charge in [-0.05, 0) is 49.7 Å². The summed E-state index contributed by atoms with van der Waals surface area (Å²) in [7, 11) is 0. The fourth-order valence-corrected chi connectivity index (χ4v) is 4.05. The van der Waals surface area contributed by atoms with Gasteiger partial charge in [-0.1, -0.05) is 25.1 Å². The van der Waals surface area contributed by atoms with E-state index in [1.807, 2.05) is 24.3 Å². The molecule has 0 radical (unpaired) electrons. The maximum absolute atomic E-state index is 12.9. The topological polar surface area (TPSA) is 59.5 Å². The van der Waals surface area contributed by atoms with E-state index in [1.54, 1.807) is 4.90 Å². The number of para-hydroxylation sites is 1. The van der Waals surface area contributed by atoms with E-state index in [1.165, 1.54) is 0 Å². The molecule has 5 nitrogen and oxygen atoms in total. The van der Waals surface area contributed by atoms with Gasteiger partial charge in [0, 0.05) is 24.2 Å². The third-order valence-electron chi connectivity index (χ3n) is 5.50. The van der Waals surface area contributed by atoms with Crippen molar-refractivity contribution in [3.8, 4) is 0 Å². The quantitative estimate of drug-likeness (QED) is 0.796. The first kappa shape index (κ1) is 17.0. The van der Waals surface area contributed by atoms with Crippen molar-refractivity contribution in [1.82, 2.24) is 9.88 Å². The Morgan fingerprint density at radius 3 is 2.81 bits per heavy atom. The Labute approximate surface area is 153 Å². The molecule has 1 amide bonds. The van der Waals surface area contributed by atoms with Crippen LogP contribution in [0.4, 0.5) is 0 Å². The Bertz CT molecular complexity index is 856. The number of likely N-dealkylation sites (tertiary alicyclic amines) is 1. The van der Waals surface area contributed by atoms with Gasteiger partial charge in [-0.15, -0.1) is 0 Å². The van der Waals surface area contributed by atoms with Crippen LogP contribution in [-0.4, -0.2) is 41.5 Å². The van der Waals surface area contributed by atoms with Crippen molar-refractivity contribution in [3.05, 3.63) is 41.1 Å². The molecule has 1 aromatic heterocycles. The number of nitrogens with zero attached hydrogens (tertiary/aromatic N) is 2. The van der Waals surface area contributed by atoms with Gasteiger partial charge in [-0.3, -0.25) is 9.78 Å². The van der Waals surface area contributed by atoms with Crippen LogP contribution < -0.4 is 0 Å². The van der Waals surface area contributed by atoms with Crippen molar-refractivity contribution in [2.24, 2.45) is 5.92 Å². The van der Waals surface area contributed by atoms with Crippen LogP contribution in [0.1, 0.15) is 47.8 Å². The van der Waals surface area contributed by atoms with E-state index in [4.69, 9.17) is 9.72 Å². The number of aromatic nitrogens is 1. The summed E-state index contributed by atoms with van der Waals surface area (Å²) in [6, 6.07) is 7.69. The number of fused-ring (bicyclic) bond motifs is 2. The Kier molecular flexibility index (Phi) is 4.62. The third kappa shape index (κ3) is 3.18. The normalized spacial score (nSPS) is 19.4. The Morgan fingerprint density at radius 1 is 1.23 bits per heavy atom. The van der Waals surface area contributed by atoms with Crippen LogP contribution in [0, 0.1) is 5.92 Å². The monoisotopic (exact) mass is 352 g/mol. The van der Waals surface area contributed by atoms with E-state index in [9.17, 15) is 9.59 Å². The van der Waals surface area contributed by atoms with Gasteiger partial charge in [0.1, 0.15) is 0 Å². The molecule has 26 heavy (non-hydrogen) atoms. The second kappa shape index (κ2) is 7.06. The fraction of sp³-hybridized carbons (Fsp3) is 0.476. The van der Waals surface area contributed by atoms with Crippen LogP contribution in [0.25, 0.3) is 10.9 Å². The summed E-state index contributed by atoms with van der Waals surface area (Å²) in [4.78, 5) is 31.7. The average molecular weight is 352 g/mol. The van der Waals surface area contributed by atoms with E-state index in [0.717, 1.165) is 67.4 Å². The molecule has 1 atom stereocenters. The maximum Gasteiger partial charge on any atom is 0.339 e. The lowest BCUT2D eigenvalue weighted by atomic mass is 9.84. The molecular weight excluding hydrogens is 328 g/mol. The second-order valence-corrected chi connectivity index (χ2v) is 7.44. The molecule has 2 heterocycles. The lowest BCUT2D eigenvalue weighted by Gasteiger charge is -2.24. The zero-order chi connectivity index (χ0) is 18.1. The number of ether oxygens (including phenoxy) is 1. The highest BCUT2D eigenvalue weighted by atomic mass is 16.5. The molecule has 1 saturated heterocycles. The summed E-state index contributed by atoms with van der Waals surface area (Å²) < 4.78 is 5.45. The molecule has 0 saturated carbocycles. The molecule has 2 aromatic rings. The number of pyridine rings is 1. The van der Waals surface area contributed by atoms with Gasteiger partial charge >= 0.3 is 5.97 Å². The Hall–Kier alpha value is -2.43. The van der Waals surface area contributed by atoms with Crippen LogP contribution in [0.5, 0.6) is 0 Å². The first-order chi connectivity index (χ1) is 12.6. The van der Waals surface area contributed by atoms with Gasteiger partial charge < -0.3 is 9.64 Å². The standard InChI is InChI=1S/C21H24N2O3/c1-14-8-9-18-16(12-14)20(15-6-2-3-7-17(15)22-18)21(25)26-13-19(24)23-10-4-5-11-23/h2-3,6-7,14H,4-5,8-13H2,1H3. The van der Waals surface area contributed by atoms with Crippen LogP contribution >= 0.6 is 0 Å². The summed E-state index contributed by atoms with van der Waals surface area (Å²) in [5, 5.41) is 0.818. The number of rotatable bonds is 3. The summed E-state index contributed by atoms with van der Waals surface area (Å²) in [5.41, 5.74) is 3.42. The van der Waals surface area contributed by atoms with Crippen molar-refractivity contribution in [2.75, 3.05) is 19.7 Å². The largest absolute Gasteiger partial charge is 0.452 e.